The topological polar surface area (TPSA) is 24.5 Å². The maximum Gasteiger partial charge on any atom is 0.123 e. The largest absolute Gasteiger partial charge is 0.496 e. The molecular weight excluding hydrogens is 256 g/mol. The Morgan fingerprint density at radius 2 is 2.26 bits per heavy atom. The summed E-state index contributed by atoms with van der Waals surface area (Å²) in [6.07, 6.45) is 0. The summed E-state index contributed by atoms with van der Waals surface area (Å²) < 4.78 is 5.51. The molecule has 0 spiro atoms. The number of nitrogens with one attached hydrogen (secondary N) is 1. The first-order valence-electron chi connectivity index (χ1n) is 7.02. The first kappa shape index (κ1) is 14.7. The number of piperazine rings is 1. The van der Waals surface area contributed by atoms with Gasteiger partial charge in [0.2, 0.25) is 0 Å². The molecule has 1 aliphatic rings. The second-order valence-corrected chi connectivity index (χ2v) is 6.09. The lowest BCUT2D eigenvalue weighted by molar-refractivity contribution is 0.169. The van der Waals surface area contributed by atoms with E-state index in [-0.39, 0.29) is 0 Å². The van der Waals surface area contributed by atoms with Crippen molar-refractivity contribution in [1.82, 2.24) is 10.2 Å². The molecule has 106 valence electrons. The predicted molar refractivity (Wildman–Crippen MR) is 83.2 cm³/mol. The normalized spacial score (nSPS) is 20.4. The SMILES string of the molecule is CCSCCN1CCNCC1c1ccccc1OC. The summed E-state index contributed by atoms with van der Waals surface area (Å²) in [5.41, 5.74) is 1.30. The summed E-state index contributed by atoms with van der Waals surface area (Å²) in [4.78, 5) is 2.58. The minimum absolute atomic E-state index is 0.433. The van der Waals surface area contributed by atoms with Crippen LogP contribution in [0.3, 0.4) is 0 Å². The average Bonchev–Trinajstić information content (AvgIpc) is 2.48. The van der Waals surface area contributed by atoms with Crippen LogP contribution in [-0.4, -0.2) is 49.7 Å². The van der Waals surface area contributed by atoms with Gasteiger partial charge in [-0.3, -0.25) is 4.90 Å². The molecule has 1 fully saturated rings. The molecule has 19 heavy (non-hydrogen) atoms. The van der Waals surface area contributed by atoms with E-state index in [9.17, 15) is 0 Å². The monoisotopic (exact) mass is 280 g/mol. The Hall–Kier alpha value is -0.710. The minimum atomic E-state index is 0.433. The highest BCUT2D eigenvalue weighted by molar-refractivity contribution is 7.99. The third-order valence-electron chi connectivity index (χ3n) is 3.58. The fourth-order valence-corrected chi connectivity index (χ4v) is 3.24. The van der Waals surface area contributed by atoms with Gasteiger partial charge < -0.3 is 10.1 Å². The van der Waals surface area contributed by atoms with E-state index in [1.807, 2.05) is 17.8 Å². The van der Waals surface area contributed by atoms with E-state index in [2.05, 4.69) is 35.3 Å². The summed E-state index contributed by atoms with van der Waals surface area (Å²) in [6, 6.07) is 8.82. The van der Waals surface area contributed by atoms with Crippen molar-refractivity contribution in [2.24, 2.45) is 0 Å². The zero-order chi connectivity index (χ0) is 13.5. The maximum atomic E-state index is 5.51. The van der Waals surface area contributed by atoms with Gasteiger partial charge in [-0.2, -0.15) is 11.8 Å². The third-order valence-corrected chi connectivity index (χ3v) is 4.46. The summed E-state index contributed by atoms with van der Waals surface area (Å²) >= 11 is 2.02. The van der Waals surface area contributed by atoms with E-state index >= 15 is 0 Å². The molecule has 1 aliphatic heterocycles. The molecule has 1 heterocycles. The van der Waals surface area contributed by atoms with Crippen LogP contribution in [0.15, 0.2) is 24.3 Å². The summed E-state index contributed by atoms with van der Waals surface area (Å²) in [6.45, 7) is 6.59. The Morgan fingerprint density at radius 1 is 1.42 bits per heavy atom. The third kappa shape index (κ3) is 3.88. The number of methoxy groups -OCH3 is 1. The Labute approximate surface area is 120 Å². The smallest absolute Gasteiger partial charge is 0.123 e. The number of para-hydroxylation sites is 1. The van der Waals surface area contributed by atoms with Crippen molar-refractivity contribution in [3.05, 3.63) is 29.8 Å². The van der Waals surface area contributed by atoms with Gasteiger partial charge in [0.15, 0.2) is 0 Å². The number of benzene rings is 1. The van der Waals surface area contributed by atoms with E-state index in [1.54, 1.807) is 7.11 Å². The van der Waals surface area contributed by atoms with Gasteiger partial charge >= 0.3 is 0 Å². The highest BCUT2D eigenvalue weighted by Crippen LogP contribution is 2.30. The molecule has 0 amide bonds. The molecule has 4 heteroatoms. The Kier molecular flexibility index (Phi) is 6.01. The first-order chi connectivity index (χ1) is 9.36. The quantitative estimate of drug-likeness (QED) is 0.809. The lowest BCUT2D eigenvalue weighted by atomic mass is 10.0. The van der Waals surface area contributed by atoms with Crippen LogP contribution in [0.2, 0.25) is 0 Å². The fourth-order valence-electron chi connectivity index (χ4n) is 2.59. The standard InChI is InChI=1S/C15H24N2OS/c1-3-19-11-10-17-9-8-16-12-14(17)13-6-4-5-7-15(13)18-2/h4-7,14,16H,3,8-12H2,1-2H3. The molecule has 1 saturated heterocycles. The van der Waals surface area contributed by atoms with Crippen LogP contribution >= 0.6 is 11.8 Å². The first-order valence-corrected chi connectivity index (χ1v) is 8.17. The average molecular weight is 280 g/mol. The maximum absolute atomic E-state index is 5.51. The summed E-state index contributed by atoms with van der Waals surface area (Å²) in [7, 11) is 1.76. The Bertz CT molecular complexity index is 386. The number of ether oxygens (including phenoxy) is 1. The van der Waals surface area contributed by atoms with Crippen LogP contribution in [0.4, 0.5) is 0 Å². The molecular formula is C15H24N2OS. The Balaban J connectivity index is 2.09. The molecule has 1 atom stereocenters. The number of rotatable bonds is 6. The van der Waals surface area contributed by atoms with Crippen LogP contribution in [0.5, 0.6) is 5.75 Å². The van der Waals surface area contributed by atoms with Crippen LogP contribution in [-0.2, 0) is 0 Å². The zero-order valence-electron chi connectivity index (χ0n) is 11.9. The van der Waals surface area contributed by atoms with Crippen molar-refractivity contribution in [2.45, 2.75) is 13.0 Å². The summed E-state index contributed by atoms with van der Waals surface area (Å²) in [5.74, 6) is 3.41. The molecule has 3 nitrogen and oxygen atoms in total. The second kappa shape index (κ2) is 7.78. The lowest BCUT2D eigenvalue weighted by Crippen LogP contribution is -2.46. The van der Waals surface area contributed by atoms with E-state index in [0.29, 0.717) is 6.04 Å². The molecule has 0 aromatic heterocycles. The number of hydrogen-bond donors (Lipinski definition) is 1. The van der Waals surface area contributed by atoms with Gasteiger partial charge in [-0.05, 0) is 11.8 Å². The van der Waals surface area contributed by atoms with Gasteiger partial charge in [-0.25, -0.2) is 0 Å². The number of thioether (sulfide) groups is 1. The highest BCUT2D eigenvalue weighted by Gasteiger charge is 2.25. The molecule has 1 N–H and O–H groups in total. The molecule has 1 unspecified atom stereocenters. The molecule has 1 aromatic carbocycles. The fraction of sp³-hybridized carbons (Fsp3) is 0.600. The second-order valence-electron chi connectivity index (χ2n) is 4.69. The lowest BCUT2D eigenvalue weighted by Gasteiger charge is -2.37. The van der Waals surface area contributed by atoms with Crippen LogP contribution in [0, 0.1) is 0 Å². The minimum Gasteiger partial charge on any atom is -0.496 e. The van der Waals surface area contributed by atoms with E-state index in [4.69, 9.17) is 4.74 Å². The van der Waals surface area contributed by atoms with Crippen LogP contribution < -0.4 is 10.1 Å². The molecule has 0 aliphatic carbocycles. The van der Waals surface area contributed by atoms with E-state index in [1.165, 1.54) is 17.1 Å². The van der Waals surface area contributed by atoms with Crippen LogP contribution in [0.1, 0.15) is 18.5 Å². The van der Waals surface area contributed by atoms with Gasteiger partial charge in [0.05, 0.1) is 13.2 Å². The molecule has 2 rings (SSSR count). The number of nitrogens with zero attached hydrogens (tertiary/aromatic N) is 1. The Morgan fingerprint density at radius 3 is 3.05 bits per heavy atom. The van der Waals surface area contributed by atoms with Crippen molar-refractivity contribution in [2.75, 3.05) is 44.8 Å². The molecule has 0 bridgehead atoms. The van der Waals surface area contributed by atoms with Gasteiger partial charge in [0, 0.05) is 37.5 Å². The van der Waals surface area contributed by atoms with Crippen molar-refractivity contribution in [3.63, 3.8) is 0 Å². The highest BCUT2D eigenvalue weighted by atomic mass is 32.2. The van der Waals surface area contributed by atoms with Crippen molar-refractivity contribution >= 4 is 11.8 Å². The van der Waals surface area contributed by atoms with E-state index < -0.39 is 0 Å². The predicted octanol–water partition coefficient (Wildman–Crippen LogP) is 2.39. The van der Waals surface area contributed by atoms with Gasteiger partial charge in [0.1, 0.15) is 5.75 Å². The van der Waals surface area contributed by atoms with Crippen molar-refractivity contribution in [1.29, 1.82) is 0 Å². The van der Waals surface area contributed by atoms with Crippen molar-refractivity contribution in [3.8, 4) is 5.75 Å². The van der Waals surface area contributed by atoms with E-state index in [0.717, 1.165) is 31.9 Å². The van der Waals surface area contributed by atoms with Crippen LogP contribution in [0.25, 0.3) is 0 Å². The number of hydrogen-bond acceptors (Lipinski definition) is 4. The molecule has 1 aromatic rings. The van der Waals surface area contributed by atoms with Gasteiger partial charge in [-0.15, -0.1) is 0 Å². The zero-order valence-corrected chi connectivity index (χ0v) is 12.7. The molecule has 0 saturated carbocycles. The van der Waals surface area contributed by atoms with Gasteiger partial charge in [0.25, 0.3) is 0 Å². The molecule has 0 radical (unpaired) electrons. The van der Waals surface area contributed by atoms with Gasteiger partial charge in [-0.1, -0.05) is 25.1 Å². The summed E-state index contributed by atoms with van der Waals surface area (Å²) in [5, 5.41) is 3.50. The van der Waals surface area contributed by atoms with Crippen molar-refractivity contribution < 1.29 is 4.74 Å².